The van der Waals surface area contributed by atoms with Crippen molar-refractivity contribution in [3.8, 4) is 11.5 Å². The van der Waals surface area contributed by atoms with Gasteiger partial charge in [0, 0.05) is 69.3 Å². The van der Waals surface area contributed by atoms with Crippen molar-refractivity contribution in [2.75, 3.05) is 87.0 Å². The number of halogens is 1. The van der Waals surface area contributed by atoms with Crippen molar-refractivity contribution in [1.82, 2.24) is 19.8 Å². The van der Waals surface area contributed by atoms with Crippen LogP contribution in [0, 0.1) is 6.92 Å². The number of nitrogens with one attached hydrogen (secondary N) is 3. The zero-order chi connectivity index (χ0) is 31.4. The standard InChI is InChI=1S/C30H41BrN8O4S/c1-20-16-26(28(43-4)18-27(20)39-10-8-21(9-11-39)38-14-12-37(2)13-15-38)34-30-32-19-23(31)29(35-30)33-24-7-6-22(42-3)17-25(24)36-44(5,40)41/h6-7,16-19,21,36H,8-15H2,1-5H3,(H2,32,33,34,35). The van der Waals surface area contributed by atoms with Crippen LogP contribution < -0.4 is 29.7 Å². The van der Waals surface area contributed by atoms with E-state index < -0.39 is 10.0 Å². The number of benzene rings is 2. The summed E-state index contributed by atoms with van der Waals surface area (Å²) in [5.41, 5.74) is 3.88. The monoisotopic (exact) mass is 688 g/mol. The molecule has 238 valence electrons. The lowest BCUT2D eigenvalue weighted by molar-refractivity contribution is 0.0982. The molecule has 2 saturated heterocycles. The van der Waals surface area contributed by atoms with Gasteiger partial charge in [0.25, 0.3) is 0 Å². The Kier molecular flexibility index (Phi) is 10.0. The number of aryl methyl sites for hydroxylation is 1. The summed E-state index contributed by atoms with van der Waals surface area (Å²) in [7, 11) is 1.85. The van der Waals surface area contributed by atoms with Crippen LogP contribution in [0.25, 0.3) is 0 Å². The van der Waals surface area contributed by atoms with Gasteiger partial charge in [0.15, 0.2) is 0 Å². The fourth-order valence-corrected chi connectivity index (χ4v) is 6.61. The highest BCUT2D eigenvalue weighted by Gasteiger charge is 2.28. The summed E-state index contributed by atoms with van der Waals surface area (Å²) in [6, 6.07) is 9.85. The first-order valence-electron chi connectivity index (χ1n) is 14.6. The maximum absolute atomic E-state index is 12.0. The zero-order valence-electron chi connectivity index (χ0n) is 25.9. The fourth-order valence-electron chi connectivity index (χ4n) is 5.75. The Bertz CT molecular complexity index is 1580. The van der Waals surface area contributed by atoms with E-state index >= 15 is 0 Å². The third kappa shape index (κ3) is 7.84. The molecule has 0 unspecified atom stereocenters. The lowest BCUT2D eigenvalue weighted by atomic mass is 10.0. The number of sulfonamides is 1. The van der Waals surface area contributed by atoms with Gasteiger partial charge in [-0.15, -0.1) is 0 Å². The first-order chi connectivity index (χ1) is 21.0. The number of ether oxygens (including phenoxy) is 2. The van der Waals surface area contributed by atoms with E-state index in [-0.39, 0.29) is 0 Å². The van der Waals surface area contributed by atoms with Crippen LogP contribution in [0.3, 0.4) is 0 Å². The van der Waals surface area contributed by atoms with Crippen LogP contribution in [0.15, 0.2) is 41.0 Å². The summed E-state index contributed by atoms with van der Waals surface area (Å²) < 4.78 is 38.2. The summed E-state index contributed by atoms with van der Waals surface area (Å²) >= 11 is 3.50. The largest absolute Gasteiger partial charge is 0.497 e. The molecule has 0 bridgehead atoms. The Balaban J connectivity index is 1.31. The molecule has 0 saturated carbocycles. The topological polar surface area (TPSA) is 124 Å². The Labute approximate surface area is 268 Å². The minimum Gasteiger partial charge on any atom is -0.497 e. The summed E-state index contributed by atoms with van der Waals surface area (Å²) in [6.45, 7) is 8.74. The molecule has 2 aliphatic heterocycles. The van der Waals surface area contributed by atoms with E-state index in [2.05, 4.69) is 82.1 Å². The van der Waals surface area contributed by atoms with Crippen LogP contribution in [-0.4, -0.2) is 101 Å². The minimum absolute atomic E-state index is 0.326. The van der Waals surface area contributed by atoms with Gasteiger partial charge in [0.05, 0.1) is 42.0 Å². The molecule has 2 aromatic carbocycles. The van der Waals surface area contributed by atoms with Crippen molar-refractivity contribution in [3.63, 3.8) is 0 Å². The average molecular weight is 690 g/mol. The highest BCUT2D eigenvalue weighted by atomic mass is 79.9. The predicted octanol–water partition coefficient (Wildman–Crippen LogP) is 4.64. The lowest BCUT2D eigenvalue weighted by Gasteiger charge is -2.43. The van der Waals surface area contributed by atoms with E-state index in [1.165, 1.54) is 12.8 Å². The molecule has 0 aliphatic carbocycles. The van der Waals surface area contributed by atoms with Gasteiger partial charge in [-0.1, -0.05) is 0 Å². The lowest BCUT2D eigenvalue weighted by Crippen LogP contribution is -2.52. The van der Waals surface area contributed by atoms with Crippen LogP contribution in [0.5, 0.6) is 11.5 Å². The SMILES string of the molecule is COc1ccc(Nc2nc(Nc3cc(C)c(N4CCC(N5CCN(C)CC5)CC4)cc3OC)ncc2Br)c(NS(C)(=O)=O)c1. The molecule has 44 heavy (non-hydrogen) atoms. The van der Waals surface area contributed by atoms with E-state index in [4.69, 9.17) is 9.47 Å². The van der Waals surface area contributed by atoms with E-state index in [0.717, 1.165) is 69.6 Å². The molecule has 0 atom stereocenters. The molecule has 0 amide bonds. The number of methoxy groups -OCH3 is 2. The van der Waals surface area contributed by atoms with Crippen molar-refractivity contribution < 1.29 is 17.9 Å². The smallest absolute Gasteiger partial charge is 0.229 e. The molecule has 3 aromatic rings. The minimum atomic E-state index is -3.53. The average Bonchev–Trinajstić information content (AvgIpc) is 2.99. The Morgan fingerprint density at radius 3 is 2.32 bits per heavy atom. The maximum Gasteiger partial charge on any atom is 0.229 e. The fraction of sp³-hybridized carbons (Fsp3) is 0.467. The van der Waals surface area contributed by atoms with Crippen LogP contribution >= 0.6 is 15.9 Å². The molecule has 5 rings (SSSR count). The quantitative estimate of drug-likeness (QED) is 0.276. The summed E-state index contributed by atoms with van der Waals surface area (Å²) in [5, 5.41) is 6.50. The maximum atomic E-state index is 12.0. The molecule has 3 heterocycles. The number of hydrogen-bond acceptors (Lipinski definition) is 11. The van der Waals surface area contributed by atoms with Crippen molar-refractivity contribution >= 4 is 60.5 Å². The van der Waals surface area contributed by atoms with E-state index in [1.807, 2.05) is 0 Å². The van der Waals surface area contributed by atoms with Gasteiger partial charge in [-0.05, 0) is 66.5 Å². The van der Waals surface area contributed by atoms with Crippen molar-refractivity contribution in [2.45, 2.75) is 25.8 Å². The van der Waals surface area contributed by atoms with Crippen molar-refractivity contribution in [1.29, 1.82) is 0 Å². The van der Waals surface area contributed by atoms with Gasteiger partial charge in [-0.25, -0.2) is 13.4 Å². The Morgan fingerprint density at radius 2 is 1.66 bits per heavy atom. The number of anilines is 6. The zero-order valence-corrected chi connectivity index (χ0v) is 28.3. The molecular weight excluding hydrogens is 648 g/mol. The second-order valence-corrected chi connectivity index (χ2v) is 13.9. The Hall–Kier alpha value is -3.33. The van der Waals surface area contributed by atoms with Gasteiger partial charge >= 0.3 is 0 Å². The molecule has 1 aromatic heterocycles. The number of hydrogen-bond donors (Lipinski definition) is 3. The number of likely N-dealkylation sites (N-methyl/N-ethyl adjacent to an activating group) is 1. The summed E-state index contributed by atoms with van der Waals surface area (Å²) in [4.78, 5) is 16.6. The molecular formula is C30H41BrN8O4S. The molecule has 2 aliphatic rings. The first-order valence-corrected chi connectivity index (χ1v) is 17.3. The second kappa shape index (κ2) is 13.8. The van der Waals surface area contributed by atoms with Gasteiger partial charge < -0.3 is 29.9 Å². The van der Waals surface area contributed by atoms with E-state index in [1.54, 1.807) is 31.5 Å². The third-order valence-corrected chi connectivity index (χ3v) is 9.31. The molecule has 0 spiro atoms. The molecule has 2 fully saturated rings. The van der Waals surface area contributed by atoms with Gasteiger partial charge in [-0.2, -0.15) is 4.98 Å². The van der Waals surface area contributed by atoms with E-state index in [0.29, 0.717) is 45.2 Å². The van der Waals surface area contributed by atoms with Crippen LogP contribution in [0.4, 0.5) is 34.5 Å². The highest BCUT2D eigenvalue weighted by molar-refractivity contribution is 9.10. The molecule has 14 heteroatoms. The van der Waals surface area contributed by atoms with Gasteiger partial charge in [0.2, 0.25) is 16.0 Å². The normalized spacial score (nSPS) is 16.9. The Morgan fingerprint density at radius 1 is 0.932 bits per heavy atom. The first kappa shape index (κ1) is 32.1. The van der Waals surface area contributed by atoms with Crippen LogP contribution in [0.2, 0.25) is 0 Å². The molecule has 0 radical (unpaired) electrons. The van der Waals surface area contributed by atoms with Gasteiger partial charge in [0.1, 0.15) is 17.3 Å². The van der Waals surface area contributed by atoms with Crippen molar-refractivity contribution in [3.05, 3.63) is 46.6 Å². The summed E-state index contributed by atoms with van der Waals surface area (Å²) in [5.74, 6) is 2.00. The highest BCUT2D eigenvalue weighted by Crippen LogP contribution is 2.37. The van der Waals surface area contributed by atoms with Gasteiger partial charge in [-0.3, -0.25) is 9.62 Å². The number of piperazine rings is 1. The second-order valence-electron chi connectivity index (χ2n) is 11.3. The van der Waals surface area contributed by atoms with Crippen LogP contribution in [0.1, 0.15) is 18.4 Å². The number of rotatable bonds is 10. The predicted molar refractivity (Wildman–Crippen MR) is 180 cm³/mol. The number of piperidine rings is 1. The van der Waals surface area contributed by atoms with Crippen molar-refractivity contribution in [2.24, 2.45) is 0 Å². The number of nitrogens with zero attached hydrogens (tertiary/aromatic N) is 5. The third-order valence-electron chi connectivity index (χ3n) is 8.14. The summed E-state index contributed by atoms with van der Waals surface area (Å²) in [6.07, 6.45) is 5.03. The van der Waals surface area contributed by atoms with Crippen LogP contribution in [-0.2, 0) is 10.0 Å². The molecule has 12 nitrogen and oxygen atoms in total. The van der Waals surface area contributed by atoms with E-state index in [9.17, 15) is 8.42 Å². The molecule has 3 N–H and O–H groups in total. The number of aromatic nitrogens is 2.